The molecule has 1 unspecified atom stereocenters. The molecule has 1 atom stereocenters. The number of aliphatic imine (C=N–C) groups is 1. The Morgan fingerprint density at radius 2 is 1.86 bits per heavy atom. The lowest BCUT2D eigenvalue weighted by Crippen LogP contribution is -1.93. The van der Waals surface area contributed by atoms with E-state index in [0.717, 1.165) is 30.4 Å². The molecule has 4 rings (SSSR count). The van der Waals surface area contributed by atoms with Crippen molar-refractivity contribution in [2.75, 3.05) is 0 Å². The first-order valence-electron chi connectivity index (χ1n) is 8.18. The quantitative estimate of drug-likeness (QED) is 0.608. The molecule has 2 nitrogen and oxygen atoms in total. The number of fused-ring (bicyclic) bond motifs is 3. The van der Waals surface area contributed by atoms with Gasteiger partial charge in [0.05, 0.1) is 6.04 Å². The zero-order chi connectivity index (χ0) is 15.1. The molecule has 3 aromatic rings. The van der Waals surface area contributed by atoms with Crippen molar-refractivity contribution in [3.05, 3.63) is 47.5 Å². The first-order chi connectivity index (χ1) is 10.7. The minimum absolute atomic E-state index is 0.262. The molecule has 0 bridgehead atoms. The van der Waals surface area contributed by atoms with Crippen molar-refractivity contribution in [2.24, 2.45) is 10.9 Å². The highest BCUT2D eigenvalue weighted by atomic mass is 16.3. The van der Waals surface area contributed by atoms with E-state index >= 15 is 0 Å². The lowest BCUT2D eigenvalue weighted by Gasteiger charge is -2.07. The summed E-state index contributed by atoms with van der Waals surface area (Å²) in [6.45, 7) is 4.50. The maximum absolute atomic E-state index is 6.35. The maximum Gasteiger partial charge on any atom is 0.140 e. The Balaban J connectivity index is 1.96. The van der Waals surface area contributed by atoms with Crippen molar-refractivity contribution in [1.82, 2.24) is 0 Å². The van der Waals surface area contributed by atoms with Crippen LogP contribution in [0.5, 0.6) is 0 Å². The molecule has 0 fully saturated rings. The van der Waals surface area contributed by atoms with E-state index in [0.29, 0.717) is 5.92 Å². The fourth-order valence-corrected chi connectivity index (χ4v) is 3.51. The number of nitrogens with zero attached hydrogens (tertiary/aromatic N) is 1. The Hall–Kier alpha value is -2.09. The summed E-state index contributed by atoms with van der Waals surface area (Å²) in [5.41, 5.74) is 4.63. The van der Waals surface area contributed by atoms with Crippen LogP contribution in [0.3, 0.4) is 0 Å². The number of hydrogen-bond acceptors (Lipinski definition) is 2. The highest BCUT2D eigenvalue weighted by molar-refractivity contribution is 6.07. The summed E-state index contributed by atoms with van der Waals surface area (Å²) in [4.78, 5) is 4.61. The minimum atomic E-state index is 0.262. The topological polar surface area (TPSA) is 25.5 Å². The van der Waals surface area contributed by atoms with Crippen LogP contribution in [0.25, 0.3) is 21.9 Å². The van der Waals surface area contributed by atoms with Crippen LogP contribution >= 0.6 is 0 Å². The molecule has 0 saturated heterocycles. The third-order valence-corrected chi connectivity index (χ3v) is 4.48. The van der Waals surface area contributed by atoms with Gasteiger partial charge in [0.2, 0.25) is 0 Å². The summed E-state index contributed by atoms with van der Waals surface area (Å²) in [7, 11) is 0. The van der Waals surface area contributed by atoms with Gasteiger partial charge in [0, 0.05) is 16.3 Å². The largest absolute Gasteiger partial charge is 0.455 e. The average Bonchev–Trinajstić information content (AvgIpc) is 3.14. The van der Waals surface area contributed by atoms with E-state index in [4.69, 9.17) is 4.42 Å². The number of para-hydroxylation sites is 2. The Bertz CT molecular complexity index is 857. The third kappa shape index (κ3) is 2.14. The van der Waals surface area contributed by atoms with Crippen molar-refractivity contribution < 1.29 is 4.42 Å². The second-order valence-electron chi connectivity index (χ2n) is 6.64. The number of hydrogen-bond donors (Lipinski definition) is 0. The van der Waals surface area contributed by atoms with Crippen molar-refractivity contribution in [1.29, 1.82) is 0 Å². The van der Waals surface area contributed by atoms with E-state index in [1.807, 2.05) is 6.21 Å². The fourth-order valence-electron chi connectivity index (χ4n) is 3.51. The number of furan rings is 1. The van der Waals surface area contributed by atoms with Crippen LogP contribution in [-0.4, -0.2) is 6.21 Å². The molecule has 0 spiro atoms. The summed E-state index contributed by atoms with van der Waals surface area (Å²) in [5.74, 6) is 0.623. The van der Waals surface area contributed by atoms with Crippen LogP contribution in [0.2, 0.25) is 0 Å². The summed E-state index contributed by atoms with van der Waals surface area (Å²) in [6.07, 6.45) is 5.25. The smallest absolute Gasteiger partial charge is 0.140 e. The second kappa shape index (κ2) is 5.28. The van der Waals surface area contributed by atoms with E-state index in [-0.39, 0.29) is 6.04 Å². The van der Waals surface area contributed by atoms with Crippen molar-refractivity contribution in [3.63, 3.8) is 0 Å². The van der Waals surface area contributed by atoms with Gasteiger partial charge in [-0.15, -0.1) is 0 Å². The SMILES string of the molecule is CC(C)Cc1cccc2c1oc1c(C3CCC=N3)cccc12. The molecule has 112 valence electrons. The first kappa shape index (κ1) is 13.6. The Kier molecular flexibility index (Phi) is 3.25. The zero-order valence-electron chi connectivity index (χ0n) is 13.2. The third-order valence-electron chi connectivity index (χ3n) is 4.48. The standard InChI is InChI=1S/C20H21NO/c1-13(2)12-14-6-3-7-15-16-8-4-9-17(18-10-5-11-21-18)20(16)22-19(14)15/h3-4,6-9,11,13,18H,5,10,12H2,1-2H3. The second-order valence-corrected chi connectivity index (χ2v) is 6.64. The number of benzene rings is 2. The van der Waals surface area contributed by atoms with Crippen LogP contribution in [0, 0.1) is 5.92 Å². The van der Waals surface area contributed by atoms with E-state index in [1.165, 1.54) is 21.9 Å². The first-order valence-corrected chi connectivity index (χ1v) is 8.18. The summed E-state index contributed by atoms with van der Waals surface area (Å²) in [6, 6.07) is 13.2. The molecule has 0 saturated carbocycles. The van der Waals surface area contributed by atoms with Crippen molar-refractivity contribution in [2.45, 2.75) is 39.2 Å². The Morgan fingerprint density at radius 3 is 2.59 bits per heavy atom. The Morgan fingerprint density at radius 1 is 1.09 bits per heavy atom. The predicted octanol–water partition coefficient (Wildman–Crippen LogP) is 5.69. The molecule has 1 aliphatic heterocycles. The van der Waals surface area contributed by atoms with Gasteiger partial charge in [0.1, 0.15) is 11.2 Å². The van der Waals surface area contributed by atoms with Gasteiger partial charge in [-0.2, -0.15) is 0 Å². The van der Waals surface area contributed by atoms with E-state index < -0.39 is 0 Å². The zero-order valence-corrected chi connectivity index (χ0v) is 13.2. The maximum atomic E-state index is 6.35. The van der Waals surface area contributed by atoms with Gasteiger partial charge in [0.25, 0.3) is 0 Å². The minimum Gasteiger partial charge on any atom is -0.455 e. The molecule has 2 aromatic carbocycles. The van der Waals surface area contributed by atoms with Crippen LogP contribution in [0.1, 0.15) is 43.9 Å². The summed E-state index contributed by atoms with van der Waals surface area (Å²) in [5, 5.41) is 2.46. The molecule has 0 amide bonds. The van der Waals surface area contributed by atoms with Crippen LogP contribution in [-0.2, 0) is 6.42 Å². The average molecular weight is 291 g/mol. The van der Waals surface area contributed by atoms with Crippen molar-refractivity contribution >= 4 is 28.2 Å². The van der Waals surface area contributed by atoms with Gasteiger partial charge in [0.15, 0.2) is 0 Å². The van der Waals surface area contributed by atoms with Crippen LogP contribution in [0.15, 0.2) is 45.8 Å². The van der Waals surface area contributed by atoms with E-state index in [1.54, 1.807) is 0 Å². The highest BCUT2D eigenvalue weighted by Gasteiger charge is 2.20. The molecule has 2 heterocycles. The molecule has 1 aromatic heterocycles. The molecule has 0 radical (unpaired) electrons. The molecular weight excluding hydrogens is 270 g/mol. The molecule has 2 heteroatoms. The van der Waals surface area contributed by atoms with Gasteiger partial charge in [-0.25, -0.2) is 0 Å². The Labute approximate surface area is 130 Å². The fraction of sp³-hybridized carbons (Fsp3) is 0.350. The lowest BCUT2D eigenvalue weighted by molar-refractivity contribution is 0.616. The monoisotopic (exact) mass is 291 g/mol. The summed E-state index contributed by atoms with van der Waals surface area (Å²) >= 11 is 0. The van der Waals surface area contributed by atoms with Crippen LogP contribution < -0.4 is 0 Å². The van der Waals surface area contributed by atoms with Crippen molar-refractivity contribution in [3.8, 4) is 0 Å². The van der Waals surface area contributed by atoms with Crippen LogP contribution in [0.4, 0.5) is 0 Å². The van der Waals surface area contributed by atoms with Gasteiger partial charge in [-0.05, 0) is 37.0 Å². The molecular formula is C20H21NO. The number of rotatable bonds is 3. The lowest BCUT2D eigenvalue weighted by atomic mass is 9.99. The molecule has 1 aliphatic rings. The highest BCUT2D eigenvalue weighted by Crippen LogP contribution is 2.38. The van der Waals surface area contributed by atoms with E-state index in [2.05, 4.69) is 55.2 Å². The van der Waals surface area contributed by atoms with Gasteiger partial charge < -0.3 is 4.42 Å². The molecule has 0 N–H and O–H groups in total. The molecule has 0 aliphatic carbocycles. The normalized spacial score (nSPS) is 18.0. The summed E-state index contributed by atoms with van der Waals surface area (Å²) < 4.78 is 6.35. The van der Waals surface area contributed by atoms with Gasteiger partial charge in [-0.1, -0.05) is 50.2 Å². The predicted molar refractivity (Wildman–Crippen MR) is 92.7 cm³/mol. The van der Waals surface area contributed by atoms with E-state index in [9.17, 15) is 0 Å². The molecule has 22 heavy (non-hydrogen) atoms. The van der Waals surface area contributed by atoms with Gasteiger partial charge >= 0.3 is 0 Å². The van der Waals surface area contributed by atoms with Gasteiger partial charge in [-0.3, -0.25) is 4.99 Å².